The summed E-state index contributed by atoms with van der Waals surface area (Å²) >= 11 is 0. The van der Waals surface area contributed by atoms with Crippen molar-refractivity contribution in [1.82, 2.24) is 4.98 Å². The van der Waals surface area contributed by atoms with Gasteiger partial charge in [0.05, 0.1) is 6.57 Å². The van der Waals surface area contributed by atoms with Crippen LogP contribution in [0.3, 0.4) is 0 Å². The van der Waals surface area contributed by atoms with Crippen molar-refractivity contribution in [2.45, 2.75) is 0 Å². The average molecular weight is 180 g/mol. The topological polar surface area (TPSA) is 17.2 Å². The molecule has 2 rings (SSSR count). The van der Waals surface area contributed by atoms with Gasteiger partial charge in [0.25, 0.3) is 0 Å². The summed E-state index contributed by atoms with van der Waals surface area (Å²) < 4.78 is 0. The Balaban J connectivity index is 2.40. The average Bonchev–Trinajstić information content (AvgIpc) is 2.30. The first-order valence-electron chi connectivity index (χ1n) is 4.28. The predicted molar refractivity (Wildman–Crippen MR) is 55.9 cm³/mol. The highest BCUT2D eigenvalue weighted by Crippen LogP contribution is 2.21. The van der Waals surface area contributed by atoms with Gasteiger partial charge in [0.15, 0.2) is 5.69 Å². The third-order valence-electron chi connectivity index (χ3n) is 1.99. The van der Waals surface area contributed by atoms with E-state index in [9.17, 15) is 0 Å². The van der Waals surface area contributed by atoms with E-state index in [0.29, 0.717) is 5.69 Å². The first-order chi connectivity index (χ1) is 6.90. The lowest BCUT2D eigenvalue weighted by Gasteiger charge is -1.99. The fourth-order valence-electron chi connectivity index (χ4n) is 1.26. The minimum atomic E-state index is 0.664. The second-order valence-electron chi connectivity index (χ2n) is 2.90. The Hall–Kier alpha value is -2.14. The minimum absolute atomic E-state index is 0.664. The molecular formula is C12H8N2. The second kappa shape index (κ2) is 3.71. The van der Waals surface area contributed by atoms with Crippen LogP contribution in [0, 0.1) is 6.57 Å². The molecule has 0 N–H and O–H groups in total. The van der Waals surface area contributed by atoms with E-state index in [1.165, 1.54) is 0 Å². The molecule has 1 aromatic carbocycles. The summed E-state index contributed by atoms with van der Waals surface area (Å²) in [5.74, 6) is 0. The summed E-state index contributed by atoms with van der Waals surface area (Å²) in [6.45, 7) is 6.83. The van der Waals surface area contributed by atoms with Gasteiger partial charge in [-0.25, -0.2) is 4.85 Å². The van der Waals surface area contributed by atoms with Gasteiger partial charge in [0.1, 0.15) is 0 Å². The van der Waals surface area contributed by atoms with E-state index in [0.717, 1.165) is 11.1 Å². The van der Waals surface area contributed by atoms with E-state index in [1.54, 1.807) is 6.20 Å². The maximum absolute atomic E-state index is 6.83. The van der Waals surface area contributed by atoms with Crippen molar-refractivity contribution in [2.75, 3.05) is 0 Å². The molecule has 0 amide bonds. The monoisotopic (exact) mass is 180 g/mol. The first kappa shape index (κ1) is 8.46. The molecule has 1 heterocycles. The number of nitrogens with zero attached hydrogens (tertiary/aromatic N) is 2. The fourth-order valence-corrected chi connectivity index (χ4v) is 1.26. The number of aromatic nitrogens is 1. The number of benzene rings is 1. The lowest BCUT2D eigenvalue weighted by atomic mass is 10.1. The van der Waals surface area contributed by atoms with E-state index < -0.39 is 0 Å². The van der Waals surface area contributed by atoms with Crippen LogP contribution in [0.5, 0.6) is 0 Å². The van der Waals surface area contributed by atoms with E-state index in [2.05, 4.69) is 9.83 Å². The fraction of sp³-hybridized carbons (Fsp3) is 0. The van der Waals surface area contributed by atoms with Crippen molar-refractivity contribution in [3.63, 3.8) is 0 Å². The van der Waals surface area contributed by atoms with Crippen LogP contribution < -0.4 is 0 Å². The Labute approximate surface area is 82.7 Å². The summed E-state index contributed by atoms with van der Waals surface area (Å²) in [5, 5.41) is 0. The molecule has 0 saturated carbocycles. The first-order valence-corrected chi connectivity index (χ1v) is 4.28. The third-order valence-corrected chi connectivity index (χ3v) is 1.99. The van der Waals surface area contributed by atoms with Gasteiger partial charge in [0.2, 0.25) is 0 Å². The van der Waals surface area contributed by atoms with Crippen LogP contribution in [0.1, 0.15) is 0 Å². The van der Waals surface area contributed by atoms with E-state index in [1.807, 2.05) is 42.6 Å². The Morgan fingerprint density at radius 2 is 1.79 bits per heavy atom. The number of hydrogen-bond donors (Lipinski definition) is 0. The summed E-state index contributed by atoms with van der Waals surface area (Å²) in [7, 11) is 0. The zero-order chi connectivity index (χ0) is 9.80. The molecular weight excluding hydrogens is 172 g/mol. The molecule has 0 bridgehead atoms. The van der Waals surface area contributed by atoms with Crippen LogP contribution in [0.2, 0.25) is 0 Å². The van der Waals surface area contributed by atoms with Gasteiger partial charge >= 0.3 is 0 Å². The minimum Gasteiger partial charge on any atom is -0.264 e. The maximum atomic E-state index is 6.83. The molecule has 0 aliphatic heterocycles. The smallest absolute Gasteiger partial charge is 0.187 e. The molecule has 2 aromatic rings. The van der Waals surface area contributed by atoms with Crippen molar-refractivity contribution in [3.8, 4) is 11.1 Å². The molecule has 0 aliphatic rings. The molecule has 0 unspecified atom stereocenters. The summed E-state index contributed by atoms with van der Waals surface area (Å²) in [4.78, 5) is 7.38. The lowest BCUT2D eigenvalue weighted by Crippen LogP contribution is -1.77. The Bertz CT molecular complexity index is 452. The molecule has 0 spiro atoms. The largest absolute Gasteiger partial charge is 0.264 e. The summed E-state index contributed by atoms with van der Waals surface area (Å²) in [6, 6.07) is 11.4. The van der Waals surface area contributed by atoms with Gasteiger partial charge in [-0.2, -0.15) is 0 Å². The van der Waals surface area contributed by atoms with Crippen molar-refractivity contribution >= 4 is 5.69 Å². The zero-order valence-corrected chi connectivity index (χ0v) is 7.51. The van der Waals surface area contributed by atoms with Gasteiger partial charge in [-0.3, -0.25) is 4.98 Å². The van der Waals surface area contributed by atoms with E-state index in [4.69, 9.17) is 6.57 Å². The highest BCUT2D eigenvalue weighted by atomic mass is 14.6. The molecule has 2 nitrogen and oxygen atoms in total. The van der Waals surface area contributed by atoms with Gasteiger partial charge in [0, 0.05) is 12.4 Å². The highest BCUT2D eigenvalue weighted by Gasteiger charge is 1.96. The van der Waals surface area contributed by atoms with Crippen molar-refractivity contribution < 1.29 is 0 Å². The van der Waals surface area contributed by atoms with Gasteiger partial charge in [-0.05, 0) is 17.2 Å². The number of rotatable bonds is 1. The van der Waals surface area contributed by atoms with Crippen LogP contribution >= 0.6 is 0 Å². The molecule has 0 fully saturated rings. The van der Waals surface area contributed by atoms with E-state index >= 15 is 0 Å². The Kier molecular flexibility index (Phi) is 2.24. The Morgan fingerprint density at radius 1 is 1.00 bits per heavy atom. The van der Waals surface area contributed by atoms with Crippen LogP contribution in [0.25, 0.3) is 16.0 Å². The van der Waals surface area contributed by atoms with Crippen LogP contribution in [-0.4, -0.2) is 4.98 Å². The lowest BCUT2D eigenvalue weighted by molar-refractivity contribution is 1.33. The van der Waals surface area contributed by atoms with Crippen molar-refractivity contribution in [3.05, 3.63) is 60.2 Å². The summed E-state index contributed by atoms with van der Waals surface area (Å²) in [6.07, 6.45) is 3.56. The molecule has 0 saturated heterocycles. The third kappa shape index (κ3) is 1.62. The second-order valence-corrected chi connectivity index (χ2v) is 2.90. The number of pyridine rings is 1. The van der Waals surface area contributed by atoms with Gasteiger partial charge in [-0.1, -0.05) is 30.3 Å². The summed E-state index contributed by atoms with van der Waals surface area (Å²) in [5.41, 5.74) is 2.83. The van der Waals surface area contributed by atoms with E-state index in [-0.39, 0.29) is 0 Å². The quantitative estimate of drug-likeness (QED) is 0.615. The van der Waals surface area contributed by atoms with Crippen LogP contribution in [0.4, 0.5) is 5.69 Å². The number of hydrogen-bond acceptors (Lipinski definition) is 1. The van der Waals surface area contributed by atoms with Crippen molar-refractivity contribution in [1.29, 1.82) is 0 Å². The van der Waals surface area contributed by atoms with Crippen LogP contribution in [0.15, 0.2) is 48.8 Å². The van der Waals surface area contributed by atoms with Crippen molar-refractivity contribution in [2.24, 2.45) is 0 Å². The molecule has 2 heteroatoms. The highest BCUT2D eigenvalue weighted by molar-refractivity contribution is 5.65. The molecule has 0 atom stereocenters. The molecule has 66 valence electrons. The normalized spacial score (nSPS) is 9.36. The van der Waals surface area contributed by atoms with Gasteiger partial charge in [-0.15, -0.1) is 0 Å². The molecule has 0 aliphatic carbocycles. The SMILES string of the molecule is [C-]#[N+]c1ccc(-c2cccnc2)cc1. The zero-order valence-electron chi connectivity index (χ0n) is 7.51. The molecule has 14 heavy (non-hydrogen) atoms. The standard InChI is InChI=1S/C12H8N2/c1-13-12-6-4-10(5-7-12)11-3-2-8-14-9-11/h2-9H. The molecule has 1 aromatic heterocycles. The van der Waals surface area contributed by atoms with Crippen LogP contribution in [-0.2, 0) is 0 Å². The molecule has 0 radical (unpaired) electrons. The maximum Gasteiger partial charge on any atom is 0.187 e. The predicted octanol–water partition coefficient (Wildman–Crippen LogP) is 3.30. The Morgan fingerprint density at radius 3 is 2.36 bits per heavy atom. The van der Waals surface area contributed by atoms with Gasteiger partial charge < -0.3 is 0 Å².